The summed E-state index contributed by atoms with van der Waals surface area (Å²) in [6.07, 6.45) is 0.599. The second kappa shape index (κ2) is 8.58. The molecule has 0 saturated carbocycles. The van der Waals surface area contributed by atoms with Gasteiger partial charge in [-0.25, -0.2) is 4.98 Å². The number of aryl methyl sites for hydroxylation is 2. The number of nitriles is 1. The summed E-state index contributed by atoms with van der Waals surface area (Å²) in [5.41, 5.74) is 2.94. The molecule has 1 atom stereocenters. The van der Waals surface area contributed by atoms with E-state index < -0.39 is 0 Å². The quantitative estimate of drug-likeness (QED) is 0.567. The number of rotatable bonds is 6. The highest BCUT2D eigenvalue weighted by Crippen LogP contribution is 2.33. The molecule has 3 aromatic rings. The molecule has 29 heavy (non-hydrogen) atoms. The van der Waals surface area contributed by atoms with Crippen LogP contribution in [0.4, 0.5) is 5.88 Å². The van der Waals surface area contributed by atoms with Gasteiger partial charge in [0.05, 0.1) is 17.4 Å². The van der Waals surface area contributed by atoms with E-state index >= 15 is 0 Å². The predicted octanol–water partition coefficient (Wildman–Crippen LogP) is 5.14. The van der Waals surface area contributed by atoms with Crippen molar-refractivity contribution in [2.75, 3.05) is 12.4 Å². The summed E-state index contributed by atoms with van der Waals surface area (Å²) in [6.45, 7) is 7.53. The van der Waals surface area contributed by atoms with Crippen molar-refractivity contribution < 1.29 is 13.9 Å². The molecule has 2 heterocycles. The van der Waals surface area contributed by atoms with Gasteiger partial charge in [0.1, 0.15) is 28.7 Å². The van der Waals surface area contributed by atoms with E-state index in [1.54, 1.807) is 21.0 Å². The van der Waals surface area contributed by atoms with Crippen LogP contribution in [0.15, 0.2) is 33.7 Å². The van der Waals surface area contributed by atoms with Gasteiger partial charge in [-0.05, 0) is 44.9 Å². The summed E-state index contributed by atoms with van der Waals surface area (Å²) in [6, 6.07) is 9.88. The van der Waals surface area contributed by atoms with E-state index in [-0.39, 0.29) is 17.0 Å². The van der Waals surface area contributed by atoms with Crippen molar-refractivity contribution >= 4 is 34.5 Å². The third kappa shape index (κ3) is 4.08. The Hall–Kier alpha value is -2.98. The van der Waals surface area contributed by atoms with E-state index in [0.717, 1.165) is 27.1 Å². The summed E-state index contributed by atoms with van der Waals surface area (Å²) in [5.74, 6) is 1.31. The molecule has 6 nitrogen and oxygen atoms in total. The number of aromatic nitrogens is 1. The standard InChI is InChI=1S/C22H23N3O3S/c1-6-18(21(26)25-22-16(11-23)13(3)14(4)28-22)29-19-10-12(2)15-8-7-9-17(27-5)20(15)24-19/h7-10,18H,6H2,1-5H3,(H,25,26). The van der Waals surface area contributed by atoms with Crippen LogP contribution in [0, 0.1) is 32.1 Å². The van der Waals surface area contributed by atoms with Crippen LogP contribution in [0.25, 0.3) is 10.9 Å². The molecular weight excluding hydrogens is 386 g/mol. The summed E-state index contributed by atoms with van der Waals surface area (Å²) in [7, 11) is 1.62. The number of methoxy groups -OCH3 is 1. The minimum Gasteiger partial charge on any atom is -0.494 e. The van der Waals surface area contributed by atoms with Crippen LogP contribution >= 0.6 is 11.8 Å². The van der Waals surface area contributed by atoms with Gasteiger partial charge in [0.15, 0.2) is 0 Å². The van der Waals surface area contributed by atoms with Gasteiger partial charge in [-0.2, -0.15) is 5.26 Å². The number of furan rings is 1. The number of hydrogen-bond acceptors (Lipinski definition) is 6. The molecule has 1 amide bonds. The Morgan fingerprint density at radius 3 is 2.79 bits per heavy atom. The molecule has 7 heteroatoms. The molecule has 3 rings (SSSR count). The van der Waals surface area contributed by atoms with Crippen molar-refractivity contribution in [1.82, 2.24) is 4.98 Å². The van der Waals surface area contributed by atoms with E-state index in [1.165, 1.54) is 11.8 Å². The van der Waals surface area contributed by atoms with Crippen LogP contribution in [0.5, 0.6) is 5.75 Å². The molecule has 0 fully saturated rings. The zero-order chi connectivity index (χ0) is 21.1. The second-order valence-corrected chi connectivity index (χ2v) is 7.96. The van der Waals surface area contributed by atoms with Crippen LogP contribution in [-0.4, -0.2) is 23.3 Å². The van der Waals surface area contributed by atoms with Crippen LogP contribution in [0.1, 0.15) is 35.8 Å². The van der Waals surface area contributed by atoms with E-state index in [4.69, 9.17) is 14.1 Å². The summed E-state index contributed by atoms with van der Waals surface area (Å²) < 4.78 is 11.0. The van der Waals surface area contributed by atoms with Crippen molar-refractivity contribution in [3.05, 3.63) is 46.7 Å². The van der Waals surface area contributed by atoms with Gasteiger partial charge in [0.2, 0.25) is 11.8 Å². The zero-order valence-electron chi connectivity index (χ0n) is 17.1. The highest BCUT2D eigenvalue weighted by Gasteiger charge is 2.23. The average Bonchev–Trinajstić information content (AvgIpc) is 2.98. The van der Waals surface area contributed by atoms with E-state index in [9.17, 15) is 10.1 Å². The lowest BCUT2D eigenvalue weighted by Gasteiger charge is -2.15. The number of nitrogens with zero attached hydrogens (tertiary/aromatic N) is 2. The fourth-order valence-corrected chi connectivity index (χ4v) is 4.11. The molecular formula is C22H23N3O3S. The van der Waals surface area contributed by atoms with Gasteiger partial charge in [0.25, 0.3) is 0 Å². The number of nitrogens with one attached hydrogen (secondary N) is 1. The lowest BCUT2D eigenvalue weighted by Crippen LogP contribution is -2.24. The second-order valence-electron chi connectivity index (χ2n) is 6.74. The number of amides is 1. The number of thioether (sulfide) groups is 1. The van der Waals surface area contributed by atoms with Crippen molar-refractivity contribution in [3.63, 3.8) is 0 Å². The van der Waals surface area contributed by atoms with Crippen LogP contribution in [0.2, 0.25) is 0 Å². The first-order valence-electron chi connectivity index (χ1n) is 9.31. The van der Waals surface area contributed by atoms with E-state index in [0.29, 0.717) is 23.5 Å². The molecule has 0 radical (unpaired) electrons. The van der Waals surface area contributed by atoms with Crippen LogP contribution in [-0.2, 0) is 4.79 Å². The van der Waals surface area contributed by atoms with Crippen LogP contribution in [0.3, 0.4) is 0 Å². The van der Waals surface area contributed by atoms with Gasteiger partial charge in [-0.15, -0.1) is 0 Å². The van der Waals surface area contributed by atoms with E-state index in [1.807, 2.05) is 38.1 Å². The number of carbonyl (C=O) groups is 1. The molecule has 150 valence electrons. The molecule has 1 aromatic carbocycles. The maximum atomic E-state index is 12.9. The van der Waals surface area contributed by atoms with Crippen molar-refractivity contribution in [1.29, 1.82) is 5.26 Å². The number of fused-ring (bicyclic) bond motifs is 1. The van der Waals surface area contributed by atoms with E-state index in [2.05, 4.69) is 11.4 Å². The summed E-state index contributed by atoms with van der Waals surface area (Å²) in [4.78, 5) is 17.6. The number of ether oxygens (including phenoxy) is 1. The molecule has 1 N–H and O–H groups in total. The normalized spacial score (nSPS) is 11.9. The molecule has 0 aliphatic rings. The lowest BCUT2D eigenvalue weighted by molar-refractivity contribution is -0.115. The Kier molecular flexibility index (Phi) is 6.14. The fraction of sp³-hybridized carbons (Fsp3) is 0.318. The van der Waals surface area contributed by atoms with Gasteiger partial charge < -0.3 is 9.15 Å². The number of anilines is 1. The van der Waals surface area contributed by atoms with Gasteiger partial charge >= 0.3 is 0 Å². The van der Waals surface area contributed by atoms with Gasteiger partial charge in [-0.1, -0.05) is 30.8 Å². The van der Waals surface area contributed by atoms with Crippen molar-refractivity contribution in [3.8, 4) is 11.8 Å². The number of pyridine rings is 1. The molecule has 1 unspecified atom stereocenters. The molecule has 0 aliphatic carbocycles. The zero-order valence-corrected chi connectivity index (χ0v) is 17.9. The first-order chi connectivity index (χ1) is 13.9. The third-order valence-corrected chi connectivity index (χ3v) is 6.15. The topological polar surface area (TPSA) is 88.2 Å². The smallest absolute Gasteiger partial charge is 0.240 e. The minimum atomic E-state index is -0.383. The Morgan fingerprint density at radius 2 is 2.14 bits per heavy atom. The highest BCUT2D eigenvalue weighted by atomic mass is 32.2. The largest absolute Gasteiger partial charge is 0.494 e. The molecule has 0 aliphatic heterocycles. The van der Waals surface area contributed by atoms with Crippen molar-refractivity contribution in [2.45, 2.75) is 44.4 Å². The molecule has 2 aromatic heterocycles. The van der Waals surface area contributed by atoms with Gasteiger partial charge in [0, 0.05) is 10.9 Å². The predicted molar refractivity (Wildman–Crippen MR) is 114 cm³/mol. The number of carbonyl (C=O) groups excluding carboxylic acids is 1. The fourth-order valence-electron chi connectivity index (χ4n) is 3.10. The Labute approximate surface area is 174 Å². The number of benzene rings is 1. The summed E-state index contributed by atoms with van der Waals surface area (Å²) in [5, 5.41) is 13.5. The third-order valence-electron chi connectivity index (χ3n) is 4.87. The molecule has 0 spiro atoms. The lowest BCUT2D eigenvalue weighted by atomic mass is 10.1. The average molecular weight is 410 g/mol. The molecule has 0 bridgehead atoms. The Morgan fingerprint density at radius 1 is 1.38 bits per heavy atom. The monoisotopic (exact) mass is 409 g/mol. The van der Waals surface area contributed by atoms with Gasteiger partial charge in [-0.3, -0.25) is 10.1 Å². The van der Waals surface area contributed by atoms with Crippen molar-refractivity contribution in [2.24, 2.45) is 0 Å². The highest BCUT2D eigenvalue weighted by molar-refractivity contribution is 8.00. The maximum Gasteiger partial charge on any atom is 0.240 e. The minimum absolute atomic E-state index is 0.205. The number of para-hydroxylation sites is 1. The first kappa shape index (κ1) is 20.7. The molecule has 0 saturated heterocycles. The van der Waals surface area contributed by atoms with Crippen LogP contribution < -0.4 is 10.1 Å². The first-order valence-corrected chi connectivity index (χ1v) is 10.2. The maximum absolute atomic E-state index is 12.9. The number of hydrogen-bond donors (Lipinski definition) is 1. The SMILES string of the molecule is CCC(Sc1cc(C)c2cccc(OC)c2n1)C(=O)Nc1oc(C)c(C)c1C#N. The Balaban J connectivity index is 1.87. The Bertz CT molecular complexity index is 1110. The summed E-state index contributed by atoms with van der Waals surface area (Å²) >= 11 is 1.39.